The van der Waals surface area contributed by atoms with E-state index in [-0.39, 0.29) is 11.7 Å². The number of hydrogen-bond acceptors (Lipinski definition) is 7. The summed E-state index contributed by atoms with van der Waals surface area (Å²) in [6.07, 6.45) is 8.54. The Balaban J connectivity index is 1.12. The van der Waals surface area contributed by atoms with Crippen LogP contribution in [0.25, 0.3) is 6.08 Å². The number of likely N-dealkylation sites (tertiary alicyclic amines) is 1. The molecule has 2 aromatic carbocycles. The topological polar surface area (TPSA) is 89.1 Å². The Bertz CT molecular complexity index is 1150. The first kappa shape index (κ1) is 26.4. The minimum atomic E-state index is -0.426. The second kappa shape index (κ2) is 12.1. The Morgan fingerprint density at radius 3 is 2.71 bits per heavy atom. The molecule has 2 aromatic rings. The van der Waals surface area contributed by atoms with Crippen molar-refractivity contribution in [1.29, 1.82) is 0 Å². The van der Waals surface area contributed by atoms with Gasteiger partial charge in [-0.2, -0.15) is 0 Å². The molecule has 202 valence electrons. The summed E-state index contributed by atoms with van der Waals surface area (Å²) in [5.74, 6) is 0.362. The van der Waals surface area contributed by atoms with Crippen LogP contribution in [0.5, 0.6) is 5.75 Å². The van der Waals surface area contributed by atoms with E-state index >= 15 is 0 Å². The number of ether oxygens (including phenoxy) is 2. The molecule has 1 unspecified atom stereocenters. The predicted molar refractivity (Wildman–Crippen MR) is 146 cm³/mol. The van der Waals surface area contributed by atoms with Crippen LogP contribution in [0.2, 0.25) is 0 Å². The summed E-state index contributed by atoms with van der Waals surface area (Å²) >= 11 is 0. The molecule has 0 aliphatic carbocycles. The van der Waals surface area contributed by atoms with Gasteiger partial charge in [-0.25, -0.2) is 10.3 Å². The third-order valence-corrected chi connectivity index (χ3v) is 7.70. The smallest absolute Gasteiger partial charge is 0.267 e. The van der Waals surface area contributed by atoms with Crippen LogP contribution in [-0.2, 0) is 20.8 Å². The van der Waals surface area contributed by atoms with Crippen LogP contribution in [-0.4, -0.2) is 61.8 Å². The summed E-state index contributed by atoms with van der Waals surface area (Å²) < 4.78 is 11.9. The lowest BCUT2D eigenvalue weighted by molar-refractivity contribution is -0.198. The molecule has 3 aliphatic heterocycles. The highest BCUT2D eigenvalue weighted by molar-refractivity contribution is 6.01. The Hall–Kier alpha value is -3.20. The molecule has 0 bridgehead atoms. The largest absolute Gasteiger partial charge is 0.486 e. The standard InChI is InChI=1S/C30H37N3O5/c1-31-24-9-5-22(6-10-24)13-16-33-17-14-30(15-18-33)21-26(34)25-20-23(7-11-27(25)37-30)8-12-28(35)32-38-29-4-2-3-19-36-29/h5-12,20,29,31H,2-4,13-19,21H2,1H3,(H,32,35)/b12-8+. The van der Waals surface area contributed by atoms with E-state index in [1.165, 1.54) is 11.6 Å². The third kappa shape index (κ3) is 6.62. The third-order valence-electron chi connectivity index (χ3n) is 7.70. The number of hydroxylamine groups is 1. The van der Waals surface area contributed by atoms with Gasteiger partial charge in [-0.15, -0.1) is 0 Å². The number of ketones is 1. The molecule has 0 aromatic heterocycles. The highest BCUT2D eigenvalue weighted by Gasteiger charge is 2.42. The molecule has 1 spiro atoms. The molecule has 8 heteroatoms. The van der Waals surface area contributed by atoms with Crippen molar-refractivity contribution in [3.05, 3.63) is 65.2 Å². The zero-order valence-corrected chi connectivity index (χ0v) is 22.0. The van der Waals surface area contributed by atoms with Gasteiger partial charge in [0.25, 0.3) is 5.91 Å². The van der Waals surface area contributed by atoms with Gasteiger partial charge in [-0.3, -0.25) is 9.59 Å². The van der Waals surface area contributed by atoms with Gasteiger partial charge >= 0.3 is 0 Å². The molecule has 2 saturated heterocycles. The van der Waals surface area contributed by atoms with Crippen molar-refractivity contribution < 1.29 is 23.9 Å². The monoisotopic (exact) mass is 519 g/mol. The van der Waals surface area contributed by atoms with Gasteiger partial charge in [0.05, 0.1) is 12.0 Å². The maximum Gasteiger partial charge on any atom is 0.267 e. The molecule has 3 aliphatic rings. The average molecular weight is 520 g/mol. The van der Waals surface area contributed by atoms with E-state index in [0.717, 1.165) is 69.4 Å². The zero-order valence-electron chi connectivity index (χ0n) is 22.0. The van der Waals surface area contributed by atoms with Gasteiger partial charge < -0.3 is 19.7 Å². The Morgan fingerprint density at radius 2 is 1.97 bits per heavy atom. The fraction of sp³-hybridized carbons (Fsp3) is 0.467. The van der Waals surface area contributed by atoms with Crippen molar-refractivity contribution >= 4 is 23.5 Å². The van der Waals surface area contributed by atoms with Crippen molar-refractivity contribution in [2.45, 2.75) is 56.8 Å². The average Bonchev–Trinajstić information content (AvgIpc) is 2.96. The molecule has 2 fully saturated rings. The normalized spacial score (nSPS) is 21.2. The number of amides is 1. The minimum Gasteiger partial charge on any atom is -0.486 e. The number of piperidine rings is 1. The van der Waals surface area contributed by atoms with Gasteiger partial charge in [0.1, 0.15) is 11.4 Å². The number of nitrogens with one attached hydrogen (secondary N) is 2. The number of carbonyl (C=O) groups is 2. The number of anilines is 1. The number of rotatable bonds is 8. The first-order valence-electron chi connectivity index (χ1n) is 13.6. The van der Waals surface area contributed by atoms with Crippen molar-refractivity contribution in [3.8, 4) is 5.75 Å². The number of nitrogens with zero attached hydrogens (tertiary/aromatic N) is 1. The lowest BCUT2D eigenvalue weighted by atomic mass is 9.82. The van der Waals surface area contributed by atoms with Crippen LogP contribution in [0.1, 0.15) is 60.0 Å². The molecule has 3 heterocycles. The van der Waals surface area contributed by atoms with E-state index in [4.69, 9.17) is 14.3 Å². The van der Waals surface area contributed by atoms with Crippen LogP contribution in [0, 0.1) is 0 Å². The Morgan fingerprint density at radius 1 is 1.16 bits per heavy atom. The molecule has 1 amide bonds. The molecule has 5 rings (SSSR count). The van der Waals surface area contributed by atoms with Crippen LogP contribution >= 0.6 is 0 Å². The zero-order chi connectivity index (χ0) is 26.4. The lowest BCUT2D eigenvalue weighted by Crippen LogP contribution is -2.51. The highest BCUT2D eigenvalue weighted by Crippen LogP contribution is 2.39. The first-order chi connectivity index (χ1) is 18.5. The summed E-state index contributed by atoms with van der Waals surface area (Å²) in [6, 6.07) is 14.1. The number of hydrogen-bond donors (Lipinski definition) is 2. The number of benzene rings is 2. The maximum atomic E-state index is 13.1. The van der Waals surface area contributed by atoms with Crippen LogP contribution in [0.4, 0.5) is 5.69 Å². The van der Waals surface area contributed by atoms with E-state index < -0.39 is 11.9 Å². The van der Waals surface area contributed by atoms with Crippen molar-refractivity contribution in [2.75, 3.05) is 38.6 Å². The van der Waals surface area contributed by atoms with E-state index in [1.807, 2.05) is 19.2 Å². The van der Waals surface area contributed by atoms with Gasteiger partial charge in [0.15, 0.2) is 12.1 Å². The summed E-state index contributed by atoms with van der Waals surface area (Å²) in [6.45, 7) is 3.48. The molecular formula is C30H37N3O5. The van der Waals surface area contributed by atoms with Crippen LogP contribution < -0.4 is 15.5 Å². The SMILES string of the molecule is CNc1ccc(CCN2CCC3(CC2)CC(=O)c2cc(/C=C/C(=O)NOC4CCCCO4)ccc2O3)cc1. The summed E-state index contributed by atoms with van der Waals surface area (Å²) in [4.78, 5) is 33.0. The first-order valence-corrected chi connectivity index (χ1v) is 13.6. The number of Topliss-reactive ketones (excluding diaryl/α,β-unsaturated/α-hetero) is 1. The molecule has 8 nitrogen and oxygen atoms in total. The highest BCUT2D eigenvalue weighted by atomic mass is 16.8. The number of fused-ring (bicyclic) bond motifs is 1. The maximum absolute atomic E-state index is 13.1. The van der Waals surface area contributed by atoms with Crippen LogP contribution in [0.3, 0.4) is 0 Å². The summed E-state index contributed by atoms with van der Waals surface area (Å²) in [5.41, 5.74) is 5.78. The second-order valence-electron chi connectivity index (χ2n) is 10.4. The van der Waals surface area contributed by atoms with E-state index in [2.05, 4.69) is 40.0 Å². The van der Waals surface area contributed by atoms with E-state index in [0.29, 0.717) is 24.3 Å². The van der Waals surface area contributed by atoms with Crippen LogP contribution in [0.15, 0.2) is 48.5 Å². The van der Waals surface area contributed by atoms with Gasteiger partial charge in [-0.1, -0.05) is 18.2 Å². The molecule has 0 saturated carbocycles. The lowest BCUT2D eigenvalue weighted by Gasteiger charge is -2.44. The van der Waals surface area contributed by atoms with Crippen molar-refractivity contribution in [2.24, 2.45) is 0 Å². The molecule has 1 atom stereocenters. The summed E-state index contributed by atoms with van der Waals surface area (Å²) in [5, 5.41) is 3.15. The second-order valence-corrected chi connectivity index (χ2v) is 10.4. The molecule has 2 N–H and O–H groups in total. The van der Waals surface area contributed by atoms with Gasteiger partial charge in [0, 0.05) is 64.3 Å². The quantitative estimate of drug-likeness (QED) is 0.396. The molecule has 0 radical (unpaired) electrons. The molecular weight excluding hydrogens is 482 g/mol. The molecule has 38 heavy (non-hydrogen) atoms. The predicted octanol–water partition coefficient (Wildman–Crippen LogP) is 4.36. The summed E-state index contributed by atoms with van der Waals surface area (Å²) in [7, 11) is 1.93. The van der Waals surface area contributed by atoms with E-state index in [1.54, 1.807) is 12.1 Å². The Kier molecular flexibility index (Phi) is 8.42. The number of carbonyl (C=O) groups excluding carboxylic acids is 2. The van der Waals surface area contributed by atoms with E-state index in [9.17, 15) is 9.59 Å². The minimum absolute atomic E-state index is 0.0989. The van der Waals surface area contributed by atoms with Gasteiger partial charge in [-0.05, 0) is 60.7 Å². The Labute approximate surface area is 224 Å². The van der Waals surface area contributed by atoms with Gasteiger partial charge in [0.2, 0.25) is 0 Å². The van der Waals surface area contributed by atoms with Crippen molar-refractivity contribution in [3.63, 3.8) is 0 Å². The fourth-order valence-electron chi connectivity index (χ4n) is 5.34. The fourth-order valence-corrected chi connectivity index (χ4v) is 5.34. The van der Waals surface area contributed by atoms with Crippen molar-refractivity contribution in [1.82, 2.24) is 10.4 Å².